The topological polar surface area (TPSA) is 55.6 Å². The lowest BCUT2D eigenvalue weighted by atomic mass is 10.0. The van der Waals surface area contributed by atoms with Gasteiger partial charge in [-0.05, 0) is 46.7 Å². The van der Waals surface area contributed by atoms with Crippen molar-refractivity contribution in [3.63, 3.8) is 0 Å². The molecule has 24 heavy (non-hydrogen) atoms. The van der Waals surface area contributed by atoms with Crippen molar-refractivity contribution >= 4 is 34.8 Å². The Morgan fingerprint density at radius 2 is 1.88 bits per heavy atom. The molecule has 1 aliphatic rings. The van der Waals surface area contributed by atoms with Crippen molar-refractivity contribution in [1.82, 2.24) is 20.2 Å². The van der Waals surface area contributed by atoms with E-state index in [1.165, 1.54) is 5.56 Å². The van der Waals surface area contributed by atoms with Crippen LogP contribution in [0.5, 0.6) is 0 Å². The van der Waals surface area contributed by atoms with E-state index in [1.54, 1.807) is 10.7 Å². The highest BCUT2D eigenvalue weighted by atomic mass is 35.5. The van der Waals surface area contributed by atoms with Crippen LogP contribution in [0.15, 0.2) is 48.5 Å². The van der Waals surface area contributed by atoms with Crippen LogP contribution in [0.4, 0.5) is 5.95 Å². The number of aromatic nitrogens is 4. The average Bonchev–Trinajstić information content (AvgIpc) is 3.03. The lowest BCUT2D eigenvalue weighted by Gasteiger charge is -2.24. The van der Waals surface area contributed by atoms with Crippen molar-refractivity contribution in [3.05, 3.63) is 75.3 Å². The minimum Gasteiger partial charge on any atom is -0.323 e. The zero-order chi connectivity index (χ0) is 16.7. The molecule has 0 spiro atoms. The molecule has 4 rings (SSSR count). The summed E-state index contributed by atoms with van der Waals surface area (Å²) < 4.78 is 1.70. The Balaban J connectivity index is 1.83. The molecule has 0 radical (unpaired) electrons. The number of allylic oxidation sites excluding steroid dienone is 1. The Labute approximate surface area is 148 Å². The maximum atomic E-state index is 6.39. The molecular formula is C17H13Cl2N5. The molecule has 2 heterocycles. The van der Waals surface area contributed by atoms with Crippen LogP contribution in [0.2, 0.25) is 10.0 Å². The second kappa shape index (κ2) is 5.92. The standard InChI is InChI=1S/C17H13Cl2N5/c1-10-2-4-11(5-3-10)15-9-16(24-17(20-15)21-22-23-24)13-7-6-12(18)8-14(13)19/h2-9,16H,1H3,(H,20,21,23). The van der Waals surface area contributed by atoms with Gasteiger partial charge >= 0.3 is 0 Å². The van der Waals surface area contributed by atoms with Gasteiger partial charge in [-0.3, -0.25) is 0 Å². The number of rotatable bonds is 2. The van der Waals surface area contributed by atoms with Gasteiger partial charge in [0.2, 0.25) is 5.95 Å². The molecular weight excluding hydrogens is 345 g/mol. The van der Waals surface area contributed by atoms with Crippen molar-refractivity contribution in [1.29, 1.82) is 0 Å². The van der Waals surface area contributed by atoms with E-state index in [4.69, 9.17) is 23.2 Å². The monoisotopic (exact) mass is 357 g/mol. The van der Waals surface area contributed by atoms with Crippen LogP contribution in [0, 0.1) is 6.92 Å². The summed E-state index contributed by atoms with van der Waals surface area (Å²) in [4.78, 5) is 0. The Bertz CT molecular complexity index is 930. The molecule has 0 saturated heterocycles. The van der Waals surface area contributed by atoms with Crippen molar-refractivity contribution in [3.8, 4) is 0 Å². The van der Waals surface area contributed by atoms with Crippen LogP contribution < -0.4 is 5.32 Å². The van der Waals surface area contributed by atoms with E-state index >= 15 is 0 Å². The SMILES string of the molecule is Cc1ccc(C2=CC(c3ccc(Cl)cc3Cl)n3nnnc3N2)cc1. The smallest absolute Gasteiger partial charge is 0.248 e. The molecule has 2 aromatic carbocycles. The second-order valence-corrected chi connectivity index (χ2v) is 6.47. The third kappa shape index (κ3) is 2.66. The molecule has 1 atom stereocenters. The molecule has 1 aliphatic heterocycles. The lowest BCUT2D eigenvalue weighted by Crippen LogP contribution is -2.20. The van der Waals surface area contributed by atoms with Gasteiger partial charge in [-0.25, -0.2) is 0 Å². The number of hydrogen-bond acceptors (Lipinski definition) is 4. The van der Waals surface area contributed by atoms with E-state index in [0.29, 0.717) is 16.0 Å². The van der Waals surface area contributed by atoms with Gasteiger partial charge in [0.15, 0.2) is 0 Å². The summed E-state index contributed by atoms with van der Waals surface area (Å²) in [5.41, 5.74) is 4.09. The number of nitrogens with zero attached hydrogens (tertiary/aromatic N) is 4. The Morgan fingerprint density at radius 1 is 1.08 bits per heavy atom. The number of halogens is 2. The summed E-state index contributed by atoms with van der Waals surface area (Å²) in [6.07, 6.45) is 2.06. The van der Waals surface area contributed by atoms with Gasteiger partial charge in [0, 0.05) is 15.7 Å². The molecule has 120 valence electrons. The highest BCUT2D eigenvalue weighted by Gasteiger charge is 2.25. The van der Waals surface area contributed by atoms with Crippen molar-refractivity contribution < 1.29 is 0 Å². The van der Waals surface area contributed by atoms with Gasteiger partial charge < -0.3 is 5.32 Å². The van der Waals surface area contributed by atoms with Crippen LogP contribution in [0.3, 0.4) is 0 Å². The highest BCUT2D eigenvalue weighted by molar-refractivity contribution is 6.35. The summed E-state index contributed by atoms with van der Waals surface area (Å²) in [6, 6.07) is 13.5. The maximum Gasteiger partial charge on any atom is 0.248 e. The van der Waals surface area contributed by atoms with Gasteiger partial charge in [-0.2, -0.15) is 4.68 Å². The molecule has 0 saturated carbocycles. The first-order valence-electron chi connectivity index (χ1n) is 7.40. The van der Waals surface area contributed by atoms with Gasteiger partial charge in [0.05, 0.1) is 0 Å². The van der Waals surface area contributed by atoms with Gasteiger partial charge in [0.1, 0.15) is 6.04 Å². The maximum absolute atomic E-state index is 6.39. The van der Waals surface area contributed by atoms with E-state index in [1.807, 2.05) is 12.1 Å². The second-order valence-electron chi connectivity index (χ2n) is 5.63. The first kappa shape index (κ1) is 15.2. The Kier molecular flexibility index (Phi) is 3.75. The predicted molar refractivity (Wildman–Crippen MR) is 95.2 cm³/mol. The number of tetrazole rings is 1. The van der Waals surface area contributed by atoms with Crippen molar-refractivity contribution in [2.75, 3.05) is 5.32 Å². The number of hydrogen-bond donors (Lipinski definition) is 1. The van der Waals surface area contributed by atoms with Gasteiger partial charge in [-0.15, -0.1) is 0 Å². The van der Waals surface area contributed by atoms with Crippen LogP contribution in [-0.2, 0) is 0 Å². The van der Waals surface area contributed by atoms with Gasteiger partial charge in [0.25, 0.3) is 0 Å². The van der Waals surface area contributed by atoms with E-state index in [0.717, 1.165) is 16.8 Å². The molecule has 1 N–H and O–H groups in total. The van der Waals surface area contributed by atoms with Gasteiger partial charge in [-0.1, -0.05) is 64.2 Å². The Hall–Kier alpha value is -2.37. The van der Waals surface area contributed by atoms with Crippen molar-refractivity contribution in [2.24, 2.45) is 0 Å². The number of anilines is 1. The number of fused-ring (bicyclic) bond motifs is 1. The predicted octanol–water partition coefficient (Wildman–Crippen LogP) is 4.34. The van der Waals surface area contributed by atoms with Crippen LogP contribution in [0.1, 0.15) is 22.7 Å². The Morgan fingerprint density at radius 3 is 2.62 bits per heavy atom. The minimum absolute atomic E-state index is 0.211. The fourth-order valence-electron chi connectivity index (χ4n) is 2.72. The minimum atomic E-state index is -0.211. The highest BCUT2D eigenvalue weighted by Crippen LogP contribution is 2.35. The number of nitrogens with one attached hydrogen (secondary N) is 1. The van der Waals surface area contributed by atoms with Crippen LogP contribution in [0.25, 0.3) is 5.70 Å². The van der Waals surface area contributed by atoms with Crippen LogP contribution in [-0.4, -0.2) is 20.2 Å². The zero-order valence-corrected chi connectivity index (χ0v) is 14.3. The molecule has 0 aliphatic carbocycles. The summed E-state index contributed by atoms with van der Waals surface area (Å²) in [5.74, 6) is 0.573. The molecule has 0 amide bonds. The quantitative estimate of drug-likeness (QED) is 0.740. The van der Waals surface area contributed by atoms with E-state index in [2.05, 4.69) is 58.1 Å². The first-order chi connectivity index (χ1) is 11.6. The summed E-state index contributed by atoms with van der Waals surface area (Å²) in [7, 11) is 0. The molecule has 3 aromatic rings. The molecule has 7 heteroatoms. The molecule has 1 aromatic heterocycles. The van der Waals surface area contributed by atoms with E-state index < -0.39 is 0 Å². The third-order valence-corrected chi connectivity index (χ3v) is 4.53. The summed E-state index contributed by atoms with van der Waals surface area (Å²) in [5, 5.41) is 16.3. The fourth-order valence-corrected chi connectivity index (χ4v) is 3.24. The number of benzene rings is 2. The molecule has 5 nitrogen and oxygen atoms in total. The zero-order valence-electron chi connectivity index (χ0n) is 12.7. The average molecular weight is 358 g/mol. The summed E-state index contributed by atoms with van der Waals surface area (Å²) >= 11 is 12.4. The first-order valence-corrected chi connectivity index (χ1v) is 8.16. The normalized spacial score (nSPS) is 16.3. The van der Waals surface area contributed by atoms with E-state index in [9.17, 15) is 0 Å². The lowest BCUT2D eigenvalue weighted by molar-refractivity contribution is 0.586. The summed E-state index contributed by atoms with van der Waals surface area (Å²) in [6.45, 7) is 2.06. The fraction of sp³-hybridized carbons (Fsp3) is 0.118. The molecule has 0 fully saturated rings. The molecule has 1 unspecified atom stereocenters. The number of aryl methyl sites for hydroxylation is 1. The van der Waals surface area contributed by atoms with E-state index in [-0.39, 0.29) is 6.04 Å². The van der Waals surface area contributed by atoms with Crippen molar-refractivity contribution in [2.45, 2.75) is 13.0 Å². The third-order valence-electron chi connectivity index (χ3n) is 3.97. The largest absolute Gasteiger partial charge is 0.323 e. The molecule has 0 bridgehead atoms. The van der Waals surface area contributed by atoms with Crippen LogP contribution >= 0.6 is 23.2 Å².